The van der Waals surface area contributed by atoms with Crippen molar-refractivity contribution in [2.24, 2.45) is 11.8 Å². The van der Waals surface area contributed by atoms with Gasteiger partial charge in [-0.25, -0.2) is 0 Å². The van der Waals surface area contributed by atoms with E-state index in [9.17, 15) is 0 Å². The summed E-state index contributed by atoms with van der Waals surface area (Å²) >= 11 is 4.24. The predicted molar refractivity (Wildman–Crippen MR) is 165 cm³/mol. The van der Waals surface area contributed by atoms with Gasteiger partial charge in [0.2, 0.25) is 0 Å². The van der Waals surface area contributed by atoms with E-state index in [-0.39, 0.29) is 33.3 Å². The molecule has 0 aromatic heterocycles. The molecule has 0 N–H and O–H groups in total. The van der Waals surface area contributed by atoms with Crippen LogP contribution in [0.25, 0.3) is 0 Å². The Labute approximate surface area is 241 Å². The Morgan fingerprint density at radius 2 is 1.63 bits per heavy atom. The van der Waals surface area contributed by atoms with E-state index in [0.29, 0.717) is 18.6 Å². The summed E-state index contributed by atoms with van der Waals surface area (Å²) < 4.78 is 31.6. The van der Waals surface area contributed by atoms with Crippen LogP contribution in [0.2, 0.25) is 18.1 Å². The topological polar surface area (TPSA) is 49.5 Å². The Morgan fingerprint density at radius 1 is 1.03 bits per heavy atom. The van der Waals surface area contributed by atoms with Crippen molar-refractivity contribution in [2.45, 2.75) is 108 Å². The van der Waals surface area contributed by atoms with Crippen LogP contribution in [0.15, 0.2) is 24.3 Å². The molecule has 2 heterocycles. The summed E-state index contributed by atoms with van der Waals surface area (Å²) in [5, 5.41) is 0.103. The van der Waals surface area contributed by atoms with Crippen LogP contribution in [0, 0.1) is 11.8 Å². The van der Waals surface area contributed by atoms with Crippen LogP contribution in [-0.2, 0) is 25.2 Å². The van der Waals surface area contributed by atoms with E-state index in [1.807, 2.05) is 19.2 Å². The lowest BCUT2D eigenvalue weighted by Gasteiger charge is -2.48. The van der Waals surface area contributed by atoms with Crippen LogP contribution >= 0.6 is 23.5 Å². The molecule has 38 heavy (non-hydrogen) atoms. The van der Waals surface area contributed by atoms with Gasteiger partial charge in [0.25, 0.3) is 0 Å². The summed E-state index contributed by atoms with van der Waals surface area (Å²) in [5.74, 6) is 3.97. The molecule has 0 saturated carbocycles. The fourth-order valence-corrected chi connectivity index (χ4v) is 9.93. The number of benzene rings is 1. The fourth-order valence-electron chi connectivity index (χ4n) is 4.92. The van der Waals surface area contributed by atoms with Crippen LogP contribution in [-0.4, -0.2) is 69.1 Å². The summed E-state index contributed by atoms with van der Waals surface area (Å²) in [6.07, 6.45) is 2.22. The molecule has 2 aliphatic heterocycles. The third kappa shape index (κ3) is 8.17. The molecule has 1 aromatic rings. The maximum Gasteiger partial charge on any atom is 0.192 e. The van der Waals surface area contributed by atoms with Crippen LogP contribution in [0.4, 0.5) is 0 Å². The molecule has 0 bridgehead atoms. The van der Waals surface area contributed by atoms with Gasteiger partial charge in [-0.2, -0.15) is 0 Å². The molecule has 0 amide bonds. The van der Waals surface area contributed by atoms with Crippen LogP contribution in [0.1, 0.15) is 59.9 Å². The monoisotopic (exact) mass is 584 g/mol. The summed E-state index contributed by atoms with van der Waals surface area (Å²) in [4.78, 5) is 0. The maximum absolute atomic E-state index is 7.30. The molecular formula is C30H52O5S2Si. The van der Waals surface area contributed by atoms with Gasteiger partial charge in [0.05, 0.1) is 42.7 Å². The van der Waals surface area contributed by atoms with E-state index in [0.717, 1.165) is 24.3 Å². The van der Waals surface area contributed by atoms with Gasteiger partial charge in [-0.05, 0) is 66.1 Å². The van der Waals surface area contributed by atoms with E-state index >= 15 is 0 Å². The molecule has 5 nitrogen and oxygen atoms in total. The highest BCUT2D eigenvalue weighted by Crippen LogP contribution is 2.54. The van der Waals surface area contributed by atoms with Crippen molar-refractivity contribution in [2.75, 3.05) is 32.3 Å². The van der Waals surface area contributed by atoms with Crippen LogP contribution < -0.4 is 4.74 Å². The molecule has 2 fully saturated rings. The van der Waals surface area contributed by atoms with Crippen molar-refractivity contribution in [3.05, 3.63) is 29.8 Å². The molecule has 0 aliphatic carbocycles. The Balaban J connectivity index is 1.91. The summed E-state index contributed by atoms with van der Waals surface area (Å²) in [6.45, 7) is 19.9. The van der Waals surface area contributed by atoms with E-state index in [1.54, 1.807) is 7.11 Å². The highest BCUT2D eigenvalue weighted by atomic mass is 32.2. The van der Waals surface area contributed by atoms with E-state index < -0.39 is 8.32 Å². The maximum atomic E-state index is 7.30. The van der Waals surface area contributed by atoms with Crippen LogP contribution in [0.5, 0.6) is 5.75 Å². The fraction of sp³-hybridized carbons (Fsp3) is 0.800. The summed E-state index contributed by atoms with van der Waals surface area (Å²) in [6, 6.07) is 8.12. The molecule has 0 radical (unpaired) electrons. The number of methoxy groups -OCH3 is 2. The van der Waals surface area contributed by atoms with Gasteiger partial charge in [-0.1, -0.05) is 53.7 Å². The third-order valence-electron chi connectivity index (χ3n) is 8.55. The average molecular weight is 585 g/mol. The van der Waals surface area contributed by atoms with E-state index in [4.69, 9.17) is 23.4 Å². The second-order valence-corrected chi connectivity index (χ2v) is 20.6. The van der Waals surface area contributed by atoms with Gasteiger partial charge in [-0.3, -0.25) is 0 Å². The quantitative estimate of drug-likeness (QED) is 0.165. The Kier molecular flexibility index (Phi) is 11.6. The zero-order valence-electron chi connectivity index (χ0n) is 25.4. The Hall–Kier alpha value is -0.223. The number of epoxide rings is 1. The second kappa shape index (κ2) is 13.6. The first-order chi connectivity index (χ1) is 17.8. The normalized spacial score (nSPS) is 23.1. The van der Waals surface area contributed by atoms with Gasteiger partial charge in [0.1, 0.15) is 11.9 Å². The first kappa shape index (κ1) is 32.3. The molecule has 218 valence electrons. The predicted octanol–water partition coefficient (Wildman–Crippen LogP) is 7.63. The second-order valence-electron chi connectivity index (χ2n) is 12.7. The van der Waals surface area contributed by atoms with Gasteiger partial charge in [-0.15, -0.1) is 23.5 Å². The lowest BCUT2D eigenvalue weighted by Crippen LogP contribution is -2.54. The number of rotatable bonds is 14. The first-order valence-electron chi connectivity index (χ1n) is 14.2. The van der Waals surface area contributed by atoms with E-state index in [2.05, 4.69) is 90.3 Å². The summed E-state index contributed by atoms with van der Waals surface area (Å²) in [5.41, 5.74) is 1.13. The van der Waals surface area contributed by atoms with Crippen molar-refractivity contribution in [1.29, 1.82) is 0 Å². The minimum Gasteiger partial charge on any atom is -0.497 e. The Bertz CT molecular complexity index is 847. The molecular weight excluding hydrogens is 533 g/mol. The molecule has 5 atom stereocenters. The van der Waals surface area contributed by atoms with Gasteiger partial charge < -0.3 is 23.4 Å². The van der Waals surface area contributed by atoms with Crippen LogP contribution in [0.3, 0.4) is 0 Å². The smallest absolute Gasteiger partial charge is 0.192 e. The molecule has 3 rings (SSSR count). The number of ether oxygens (including phenoxy) is 4. The minimum absolute atomic E-state index is 0.0563. The minimum atomic E-state index is -2.09. The molecule has 1 aromatic carbocycles. The Morgan fingerprint density at radius 3 is 2.11 bits per heavy atom. The van der Waals surface area contributed by atoms with Gasteiger partial charge in [0, 0.05) is 13.0 Å². The molecule has 8 heteroatoms. The lowest BCUT2D eigenvalue weighted by atomic mass is 9.91. The van der Waals surface area contributed by atoms with E-state index in [1.165, 1.54) is 17.9 Å². The van der Waals surface area contributed by atoms with Crippen molar-refractivity contribution in [3.8, 4) is 5.75 Å². The molecule has 2 aliphatic rings. The van der Waals surface area contributed by atoms with Crippen molar-refractivity contribution < 1.29 is 23.4 Å². The highest BCUT2D eigenvalue weighted by Gasteiger charge is 2.52. The summed E-state index contributed by atoms with van der Waals surface area (Å²) in [7, 11) is 1.44. The van der Waals surface area contributed by atoms with Crippen molar-refractivity contribution in [3.63, 3.8) is 0 Å². The highest BCUT2D eigenvalue weighted by molar-refractivity contribution is 8.18. The lowest BCUT2D eigenvalue weighted by molar-refractivity contribution is -0.127. The van der Waals surface area contributed by atoms with Crippen molar-refractivity contribution in [1.82, 2.24) is 0 Å². The first-order valence-corrected chi connectivity index (χ1v) is 19.1. The number of hydrogen-bond donors (Lipinski definition) is 0. The zero-order valence-corrected chi connectivity index (χ0v) is 28.0. The molecule has 0 unspecified atom stereocenters. The molecule has 2 saturated heterocycles. The molecule has 0 spiro atoms. The van der Waals surface area contributed by atoms with Gasteiger partial charge in [0.15, 0.2) is 8.32 Å². The third-order valence-corrected chi connectivity index (χ3v) is 16.8. The zero-order chi connectivity index (χ0) is 28.1. The van der Waals surface area contributed by atoms with Crippen molar-refractivity contribution >= 4 is 31.8 Å². The SMILES string of the molecule is COc1ccc(CO[C@H](C(C)C)[C@@H](OC)[C@@H](CC2([C@@H](C)[C@@H]3CO3)SCCCS2)O[Si](C)(C)C(C)(C)C)cc1. The number of thioether (sulfide) groups is 2. The average Bonchev–Trinajstić information content (AvgIpc) is 3.71. The van der Waals surface area contributed by atoms with Gasteiger partial charge >= 0.3 is 0 Å². The number of hydrogen-bond acceptors (Lipinski definition) is 7. The standard InChI is InChI=1S/C30H52O5S2Si/c1-21(2)27(34-19-23-12-14-24(31-7)15-13-23)28(32-8)25(35-38(9,10)29(4,5)6)18-30(22(3)26-20-33-26)36-16-11-17-37-30/h12-15,21-22,25-28H,11,16-20H2,1-10H3/t22-,25+,26-,27+,28-/m0/s1. The largest absolute Gasteiger partial charge is 0.497 e.